The van der Waals surface area contributed by atoms with Gasteiger partial charge in [0.1, 0.15) is 5.82 Å². The van der Waals surface area contributed by atoms with E-state index >= 15 is 0 Å². The van der Waals surface area contributed by atoms with Crippen LogP contribution in [0.4, 0.5) is 19.0 Å². The number of halogens is 4. The number of nitrogens with zero attached hydrogens (tertiary/aromatic N) is 2. The lowest BCUT2D eigenvalue weighted by Gasteiger charge is -2.36. The first-order chi connectivity index (χ1) is 11.2. The fraction of sp³-hybridized carbons (Fsp3) is 0.600. The van der Waals surface area contributed by atoms with Crippen LogP contribution in [0.1, 0.15) is 31.7 Å². The molecule has 2 atom stereocenters. The van der Waals surface area contributed by atoms with Crippen molar-refractivity contribution in [1.29, 1.82) is 0 Å². The maximum atomic E-state index is 12.5. The van der Waals surface area contributed by atoms with Crippen molar-refractivity contribution in [2.75, 3.05) is 18.4 Å². The monoisotopic (exact) mass is 364 g/mol. The Balaban J connectivity index is 1.87. The molecule has 1 aliphatic heterocycles. The number of aromatic nitrogens is 1. The largest absolute Gasteiger partial charge is 0.417 e. The van der Waals surface area contributed by atoms with Crippen molar-refractivity contribution >= 4 is 23.3 Å². The Labute approximate surface area is 143 Å². The molecule has 1 aliphatic rings. The predicted molar refractivity (Wildman–Crippen MR) is 85.7 cm³/mol. The van der Waals surface area contributed by atoms with Crippen LogP contribution in [0, 0.1) is 0 Å². The molecule has 0 unspecified atom stereocenters. The van der Waals surface area contributed by atoms with Gasteiger partial charge < -0.3 is 16.0 Å². The molecule has 1 aromatic rings. The first-order valence-corrected chi connectivity index (χ1v) is 8.08. The second-order valence-electron chi connectivity index (χ2n) is 5.95. The standard InChI is InChI=1S/C15H20ClF3N4O/c1-9-6-11(20)3-5-23(9)13(24)2-4-21-14-12(16)7-10(8-22-14)15(17,18)19/h7-9,11H,2-6,20H2,1H3,(H,21,22)/t9-,11-/m1/s1. The van der Waals surface area contributed by atoms with E-state index in [4.69, 9.17) is 17.3 Å². The summed E-state index contributed by atoms with van der Waals surface area (Å²) in [4.78, 5) is 17.7. The smallest absolute Gasteiger partial charge is 0.368 e. The van der Waals surface area contributed by atoms with Crippen LogP contribution in [0.5, 0.6) is 0 Å². The maximum Gasteiger partial charge on any atom is 0.417 e. The Morgan fingerprint density at radius 1 is 1.54 bits per heavy atom. The van der Waals surface area contributed by atoms with E-state index in [0.717, 1.165) is 18.9 Å². The Morgan fingerprint density at radius 2 is 2.25 bits per heavy atom. The second-order valence-corrected chi connectivity index (χ2v) is 6.36. The summed E-state index contributed by atoms with van der Waals surface area (Å²) in [5.41, 5.74) is 4.96. The minimum absolute atomic E-state index is 0.0232. The average molecular weight is 365 g/mol. The van der Waals surface area contributed by atoms with E-state index in [1.807, 2.05) is 6.92 Å². The molecule has 0 aromatic carbocycles. The first-order valence-electron chi connectivity index (χ1n) is 7.70. The lowest BCUT2D eigenvalue weighted by atomic mass is 9.99. The van der Waals surface area contributed by atoms with E-state index in [2.05, 4.69) is 10.3 Å². The summed E-state index contributed by atoms with van der Waals surface area (Å²) >= 11 is 5.80. The highest BCUT2D eigenvalue weighted by atomic mass is 35.5. The molecule has 3 N–H and O–H groups in total. The summed E-state index contributed by atoms with van der Waals surface area (Å²) in [6.07, 6.45) is -2.03. The quantitative estimate of drug-likeness (QED) is 0.861. The molecular weight excluding hydrogens is 345 g/mol. The molecule has 9 heteroatoms. The normalized spacial score (nSPS) is 21.7. The Kier molecular flexibility index (Phi) is 5.92. The van der Waals surface area contributed by atoms with E-state index in [1.165, 1.54) is 0 Å². The lowest BCUT2D eigenvalue weighted by Crippen LogP contribution is -2.48. The Morgan fingerprint density at radius 3 is 2.83 bits per heavy atom. The van der Waals surface area contributed by atoms with Gasteiger partial charge in [-0.2, -0.15) is 13.2 Å². The number of amides is 1. The number of hydrogen-bond acceptors (Lipinski definition) is 4. The Bertz CT molecular complexity index is 597. The minimum Gasteiger partial charge on any atom is -0.368 e. The number of rotatable bonds is 4. The third kappa shape index (κ3) is 4.73. The molecule has 1 aromatic heterocycles. The second kappa shape index (κ2) is 7.57. The molecule has 24 heavy (non-hydrogen) atoms. The van der Waals surface area contributed by atoms with Gasteiger partial charge in [0.25, 0.3) is 0 Å². The van der Waals surface area contributed by atoms with Gasteiger partial charge in [-0.15, -0.1) is 0 Å². The SMILES string of the molecule is C[C@@H]1C[C@H](N)CCN1C(=O)CCNc1ncc(C(F)(F)F)cc1Cl. The summed E-state index contributed by atoms with van der Waals surface area (Å²) < 4.78 is 37.6. The highest BCUT2D eigenvalue weighted by Crippen LogP contribution is 2.32. The highest BCUT2D eigenvalue weighted by molar-refractivity contribution is 6.32. The van der Waals surface area contributed by atoms with Crippen molar-refractivity contribution in [1.82, 2.24) is 9.88 Å². The Hall–Kier alpha value is -1.54. The molecular formula is C15H20ClF3N4O. The molecule has 0 radical (unpaired) electrons. The molecule has 0 bridgehead atoms. The van der Waals surface area contributed by atoms with Crippen molar-refractivity contribution in [2.45, 2.75) is 44.4 Å². The van der Waals surface area contributed by atoms with Crippen LogP contribution in [0.25, 0.3) is 0 Å². The van der Waals surface area contributed by atoms with Gasteiger partial charge in [-0.3, -0.25) is 4.79 Å². The fourth-order valence-corrected chi connectivity index (χ4v) is 2.97. The molecule has 1 amide bonds. The first kappa shape index (κ1) is 18.8. The van der Waals surface area contributed by atoms with Gasteiger partial charge in [0.15, 0.2) is 0 Å². The zero-order valence-corrected chi connectivity index (χ0v) is 14.0. The van der Waals surface area contributed by atoms with E-state index in [1.54, 1.807) is 4.90 Å². The molecule has 0 spiro atoms. The minimum atomic E-state index is -4.49. The van der Waals surface area contributed by atoms with Gasteiger partial charge in [-0.25, -0.2) is 4.98 Å². The summed E-state index contributed by atoms with van der Waals surface area (Å²) in [6, 6.07) is 1.03. The number of nitrogens with two attached hydrogens (primary N) is 1. The van der Waals surface area contributed by atoms with Crippen LogP contribution in [-0.2, 0) is 11.0 Å². The molecule has 0 aliphatic carbocycles. The topological polar surface area (TPSA) is 71.2 Å². The summed E-state index contributed by atoms with van der Waals surface area (Å²) in [5, 5.41) is 2.67. The number of carbonyl (C=O) groups is 1. The van der Waals surface area contributed by atoms with Crippen molar-refractivity contribution in [3.05, 3.63) is 22.8 Å². The van der Waals surface area contributed by atoms with Gasteiger partial charge in [-0.05, 0) is 25.8 Å². The zero-order chi connectivity index (χ0) is 17.9. The number of likely N-dealkylation sites (tertiary alicyclic amines) is 1. The summed E-state index contributed by atoms with van der Waals surface area (Å²) in [7, 11) is 0. The number of carbonyl (C=O) groups excluding carboxylic acids is 1. The van der Waals surface area contributed by atoms with Gasteiger partial charge >= 0.3 is 6.18 Å². The molecule has 1 fully saturated rings. The van der Waals surface area contributed by atoms with E-state index < -0.39 is 11.7 Å². The van der Waals surface area contributed by atoms with Crippen LogP contribution >= 0.6 is 11.6 Å². The van der Waals surface area contributed by atoms with E-state index in [-0.39, 0.29) is 41.8 Å². The summed E-state index contributed by atoms with van der Waals surface area (Å²) in [5.74, 6) is 0.108. The molecule has 5 nitrogen and oxygen atoms in total. The number of piperidine rings is 1. The highest BCUT2D eigenvalue weighted by Gasteiger charge is 2.31. The third-order valence-corrected chi connectivity index (χ3v) is 4.32. The van der Waals surface area contributed by atoms with Crippen molar-refractivity contribution in [3.63, 3.8) is 0 Å². The van der Waals surface area contributed by atoms with Crippen molar-refractivity contribution < 1.29 is 18.0 Å². The molecule has 2 heterocycles. The number of pyridine rings is 1. The van der Waals surface area contributed by atoms with E-state index in [9.17, 15) is 18.0 Å². The van der Waals surface area contributed by atoms with Crippen LogP contribution in [0.3, 0.4) is 0 Å². The summed E-state index contributed by atoms with van der Waals surface area (Å²) in [6.45, 7) is 2.82. The number of hydrogen-bond donors (Lipinski definition) is 2. The molecule has 1 saturated heterocycles. The predicted octanol–water partition coefficient (Wildman–Crippen LogP) is 2.89. The molecule has 0 saturated carbocycles. The van der Waals surface area contributed by atoms with E-state index in [0.29, 0.717) is 12.7 Å². The third-order valence-electron chi connectivity index (χ3n) is 4.04. The number of nitrogens with one attached hydrogen (secondary N) is 1. The van der Waals surface area contributed by atoms with Crippen LogP contribution in [0.2, 0.25) is 5.02 Å². The van der Waals surface area contributed by atoms with Crippen molar-refractivity contribution in [3.8, 4) is 0 Å². The van der Waals surface area contributed by atoms with Gasteiger partial charge in [0.05, 0.1) is 10.6 Å². The van der Waals surface area contributed by atoms with Crippen LogP contribution in [-0.4, -0.2) is 41.0 Å². The zero-order valence-electron chi connectivity index (χ0n) is 13.2. The van der Waals surface area contributed by atoms with Crippen LogP contribution < -0.4 is 11.1 Å². The van der Waals surface area contributed by atoms with Gasteiger partial charge in [0.2, 0.25) is 5.91 Å². The average Bonchev–Trinajstić information content (AvgIpc) is 2.47. The lowest BCUT2D eigenvalue weighted by molar-refractivity contribution is -0.138. The maximum absolute atomic E-state index is 12.5. The van der Waals surface area contributed by atoms with Crippen molar-refractivity contribution in [2.24, 2.45) is 5.73 Å². The number of alkyl halides is 3. The molecule has 2 rings (SSSR count). The van der Waals surface area contributed by atoms with Gasteiger partial charge in [0, 0.05) is 37.8 Å². The van der Waals surface area contributed by atoms with Crippen LogP contribution in [0.15, 0.2) is 12.3 Å². The molecule has 134 valence electrons. The fourth-order valence-electron chi connectivity index (χ4n) is 2.73. The van der Waals surface area contributed by atoms with Gasteiger partial charge in [-0.1, -0.05) is 11.6 Å². The number of anilines is 1.